The zero-order valence-corrected chi connectivity index (χ0v) is 14.2. The SMILES string of the molecule is Cc1csc(CCn2c(C(C)Cl)nc3c(C)nn(C)c32)n1. The van der Waals surface area contributed by atoms with Crippen LogP contribution in [0.1, 0.15) is 34.5 Å². The van der Waals surface area contributed by atoms with Gasteiger partial charge >= 0.3 is 0 Å². The Bertz CT molecular complexity index is 783. The first kappa shape index (κ1) is 14.5. The van der Waals surface area contributed by atoms with E-state index in [9.17, 15) is 0 Å². The van der Waals surface area contributed by atoms with Gasteiger partial charge in [-0.3, -0.25) is 4.68 Å². The van der Waals surface area contributed by atoms with Crippen LogP contribution in [-0.2, 0) is 20.0 Å². The highest BCUT2D eigenvalue weighted by molar-refractivity contribution is 7.09. The van der Waals surface area contributed by atoms with E-state index in [1.54, 1.807) is 11.3 Å². The molecule has 3 aromatic heterocycles. The molecule has 5 nitrogen and oxygen atoms in total. The molecular formula is C14H18ClN5S. The van der Waals surface area contributed by atoms with Gasteiger partial charge in [-0.15, -0.1) is 22.9 Å². The lowest BCUT2D eigenvalue weighted by Gasteiger charge is -2.10. The molecule has 3 aromatic rings. The zero-order valence-electron chi connectivity index (χ0n) is 12.6. The number of aromatic nitrogens is 5. The van der Waals surface area contributed by atoms with E-state index < -0.39 is 0 Å². The molecule has 0 aliphatic carbocycles. The van der Waals surface area contributed by atoms with Gasteiger partial charge in [-0.05, 0) is 20.8 Å². The molecule has 0 bridgehead atoms. The number of alkyl halides is 1. The molecule has 0 amide bonds. The average molecular weight is 324 g/mol. The summed E-state index contributed by atoms with van der Waals surface area (Å²) in [5.41, 5.74) is 3.99. The van der Waals surface area contributed by atoms with E-state index in [4.69, 9.17) is 11.6 Å². The van der Waals surface area contributed by atoms with Crippen molar-refractivity contribution in [2.75, 3.05) is 0 Å². The molecule has 3 heterocycles. The maximum Gasteiger partial charge on any atom is 0.158 e. The molecule has 0 fully saturated rings. The van der Waals surface area contributed by atoms with Gasteiger partial charge in [0.25, 0.3) is 0 Å². The summed E-state index contributed by atoms with van der Waals surface area (Å²) in [4.78, 5) is 9.20. The van der Waals surface area contributed by atoms with Crippen LogP contribution in [0.3, 0.4) is 0 Å². The Hall–Kier alpha value is -1.40. The van der Waals surface area contributed by atoms with Gasteiger partial charge in [0.2, 0.25) is 0 Å². The minimum absolute atomic E-state index is 0.130. The smallest absolute Gasteiger partial charge is 0.158 e. The second kappa shape index (κ2) is 5.42. The van der Waals surface area contributed by atoms with Crippen LogP contribution >= 0.6 is 22.9 Å². The summed E-state index contributed by atoms with van der Waals surface area (Å²) in [5, 5.41) is 7.54. The van der Waals surface area contributed by atoms with Crippen LogP contribution in [-0.4, -0.2) is 24.3 Å². The lowest BCUT2D eigenvalue weighted by atomic mass is 10.4. The van der Waals surface area contributed by atoms with E-state index in [-0.39, 0.29) is 5.38 Å². The maximum absolute atomic E-state index is 6.30. The lowest BCUT2D eigenvalue weighted by Crippen LogP contribution is -2.10. The molecule has 0 aliphatic heterocycles. The minimum Gasteiger partial charge on any atom is -0.311 e. The third kappa shape index (κ3) is 2.58. The molecule has 112 valence electrons. The Balaban J connectivity index is 2.00. The number of hydrogen-bond donors (Lipinski definition) is 0. The van der Waals surface area contributed by atoms with Gasteiger partial charge < -0.3 is 4.57 Å². The highest BCUT2D eigenvalue weighted by atomic mass is 35.5. The van der Waals surface area contributed by atoms with Gasteiger partial charge in [0.15, 0.2) is 5.65 Å². The van der Waals surface area contributed by atoms with E-state index in [1.807, 2.05) is 32.5 Å². The van der Waals surface area contributed by atoms with Crippen LogP contribution in [0, 0.1) is 13.8 Å². The Labute approximate surface area is 132 Å². The number of nitrogens with zero attached hydrogens (tertiary/aromatic N) is 5. The highest BCUT2D eigenvalue weighted by Crippen LogP contribution is 2.26. The van der Waals surface area contributed by atoms with E-state index >= 15 is 0 Å². The van der Waals surface area contributed by atoms with Crippen molar-refractivity contribution in [2.24, 2.45) is 7.05 Å². The Morgan fingerprint density at radius 2 is 2.10 bits per heavy atom. The molecule has 3 rings (SSSR count). The fourth-order valence-corrected chi connectivity index (χ4v) is 3.53. The summed E-state index contributed by atoms with van der Waals surface area (Å²) in [6.45, 7) is 6.77. The minimum atomic E-state index is -0.130. The molecule has 0 saturated carbocycles. The molecule has 0 aromatic carbocycles. The quantitative estimate of drug-likeness (QED) is 0.691. The van der Waals surface area contributed by atoms with Crippen LogP contribution in [0.2, 0.25) is 0 Å². The van der Waals surface area contributed by atoms with E-state index in [2.05, 4.69) is 25.0 Å². The molecule has 0 radical (unpaired) electrons. The van der Waals surface area contributed by atoms with Crippen molar-refractivity contribution in [1.29, 1.82) is 0 Å². The summed E-state index contributed by atoms with van der Waals surface area (Å²) < 4.78 is 4.05. The molecule has 21 heavy (non-hydrogen) atoms. The summed E-state index contributed by atoms with van der Waals surface area (Å²) in [6, 6.07) is 0. The fraction of sp³-hybridized carbons (Fsp3) is 0.500. The lowest BCUT2D eigenvalue weighted by molar-refractivity contribution is 0.635. The van der Waals surface area contributed by atoms with E-state index in [1.165, 1.54) is 0 Å². The van der Waals surface area contributed by atoms with Crippen LogP contribution in [0.4, 0.5) is 0 Å². The van der Waals surface area contributed by atoms with Crippen molar-refractivity contribution in [3.8, 4) is 0 Å². The summed E-state index contributed by atoms with van der Waals surface area (Å²) in [7, 11) is 1.95. The highest BCUT2D eigenvalue weighted by Gasteiger charge is 2.20. The monoisotopic (exact) mass is 323 g/mol. The summed E-state index contributed by atoms with van der Waals surface area (Å²) in [6.07, 6.45) is 0.880. The first-order valence-electron chi connectivity index (χ1n) is 6.92. The standard InChI is InChI=1S/C14H18ClN5S/c1-8-7-21-11(16-8)5-6-20-13(9(2)15)17-12-10(3)18-19(4)14(12)20/h7,9H,5-6H2,1-4H3. The second-order valence-electron chi connectivity index (χ2n) is 5.25. The van der Waals surface area contributed by atoms with Crippen LogP contribution in [0.25, 0.3) is 11.2 Å². The Morgan fingerprint density at radius 1 is 1.33 bits per heavy atom. The number of halogens is 1. The van der Waals surface area contributed by atoms with Gasteiger partial charge in [0.1, 0.15) is 11.3 Å². The molecule has 0 spiro atoms. The largest absolute Gasteiger partial charge is 0.311 e. The number of rotatable bonds is 4. The van der Waals surface area contributed by atoms with Crippen LogP contribution in [0.15, 0.2) is 5.38 Å². The predicted molar refractivity (Wildman–Crippen MR) is 86.1 cm³/mol. The van der Waals surface area contributed by atoms with Gasteiger partial charge in [-0.2, -0.15) is 5.10 Å². The number of fused-ring (bicyclic) bond motifs is 1. The maximum atomic E-state index is 6.30. The Morgan fingerprint density at radius 3 is 2.71 bits per heavy atom. The molecular weight excluding hydrogens is 306 g/mol. The average Bonchev–Trinajstić information content (AvgIpc) is 3.05. The van der Waals surface area contributed by atoms with Crippen molar-refractivity contribution in [2.45, 2.75) is 39.1 Å². The predicted octanol–water partition coefficient (Wildman–Crippen LogP) is 3.39. The molecule has 1 atom stereocenters. The van der Waals surface area contributed by atoms with Gasteiger partial charge in [-0.25, -0.2) is 9.97 Å². The van der Waals surface area contributed by atoms with Crippen molar-refractivity contribution in [3.63, 3.8) is 0 Å². The third-order valence-corrected chi connectivity index (χ3v) is 4.71. The van der Waals surface area contributed by atoms with Crippen LogP contribution in [0.5, 0.6) is 0 Å². The van der Waals surface area contributed by atoms with E-state index in [0.29, 0.717) is 0 Å². The Kier molecular flexibility index (Phi) is 3.75. The third-order valence-electron chi connectivity index (χ3n) is 3.49. The fourth-order valence-electron chi connectivity index (χ4n) is 2.60. The molecule has 0 N–H and O–H groups in total. The molecule has 0 saturated heterocycles. The topological polar surface area (TPSA) is 48.5 Å². The number of thiazole rings is 1. The zero-order chi connectivity index (χ0) is 15.1. The number of imidazole rings is 1. The molecule has 1 unspecified atom stereocenters. The summed E-state index contributed by atoms with van der Waals surface area (Å²) >= 11 is 8.00. The molecule has 7 heteroatoms. The number of aryl methyl sites for hydroxylation is 5. The normalized spacial score (nSPS) is 13.2. The van der Waals surface area contributed by atoms with Gasteiger partial charge in [0, 0.05) is 31.1 Å². The van der Waals surface area contributed by atoms with Crippen molar-refractivity contribution in [1.82, 2.24) is 24.3 Å². The first-order valence-corrected chi connectivity index (χ1v) is 8.23. The van der Waals surface area contributed by atoms with Crippen molar-refractivity contribution >= 4 is 34.1 Å². The van der Waals surface area contributed by atoms with Crippen molar-refractivity contribution < 1.29 is 0 Å². The first-order chi connectivity index (χ1) is 9.97. The summed E-state index contributed by atoms with van der Waals surface area (Å²) in [5.74, 6) is 0.899. The van der Waals surface area contributed by atoms with Gasteiger partial charge in [-0.1, -0.05) is 0 Å². The molecule has 0 aliphatic rings. The van der Waals surface area contributed by atoms with E-state index in [0.717, 1.165) is 46.3 Å². The van der Waals surface area contributed by atoms with Crippen LogP contribution < -0.4 is 0 Å². The van der Waals surface area contributed by atoms with Crippen molar-refractivity contribution in [3.05, 3.63) is 27.6 Å². The second-order valence-corrected chi connectivity index (χ2v) is 6.85. The number of hydrogen-bond acceptors (Lipinski definition) is 4. The van der Waals surface area contributed by atoms with Gasteiger partial charge in [0.05, 0.1) is 16.1 Å².